The van der Waals surface area contributed by atoms with Crippen molar-refractivity contribution in [1.29, 1.82) is 0 Å². The van der Waals surface area contributed by atoms with Gasteiger partial charge in [0.25, 0.3) is 0 Å². The van der Waals surface area contributed by atoms with Gasteiger partial charge in [-0.25, -0.2) is 4.98 Å². The van der Waals surface area contributed by atoms with Crippen molar-refractivity contribution < 1.29 is 9.47 Å². The molecule has 0 aliphatic rings. The number of rotatable bonds is 5. The Bertz CT molecular complexity index is 477. The number of pyridine rings is 1. The van der Waals surface area contributed by atoms with Crippen molar-refractivity contribution >= 4 is 0 Å². The molecule has 0 fully saturated rings. The van der Waals surface area contributed by atoms with E-state index in [0.717, 1.165) is 16.9 Å². The van der Waals surface area contributed by atoms with Crippen molar-refractivity contribution in [2.75, 3.05) is 6.61 Å². The molecule has 0 unspecified atom stereocenters. The monoisotopic (exact) mass is 243 g/mol. The van der Waals surface area contributed by atoms with Gasteiger partial charge in [-0.1, -0.05) is 18.2 Å². The fourth-order valence-electron chi connectivity index (χ4n) is 1.55. The molecule has 0 radical (unpaired) electrons. The SMILES string of the molecule is CCOc1ccc(COc2ccc(C)cn2)cc1. The average molecular weight is 243 g/mol. The summed E-state index contributed by atoms with van der Waals surface area (Å²) < 4.78 is 11.0. The molecular formula is C15H17NO2. The topological polar surface area (TPSA) is 31.4 Å². The summed E-state index contributed by atoms with van der Waals surface area (Å²) >= 11 is 0. The molecule has 0 saturated carbocycles. The minimum Gasteiger partial charge on any atom is -0.494 e. The van der Waals surface area contributed by atoms with Gasteiger partial charge >= 0.3 is 0 Å². The minimum atomic E-state index is 0.516. The zero-order valence-electron chi connectivity index (χ0n) is 10.7. The number of aromatic nitrogens is 1. The lowest BCUT2D eigenvalue weighted by Gasteiger charge is -2.07. The molecule has 94 valence electrons. The molecule has 18 heavy (non-hydrogen) atoms. The quantitative estimate of drug-likeness (QED) is 0.806. The van der Waals surface area contributed by atoms with Crippen LogP contribution < -0.4 is 9.47 Å². The van der Waals surface area contributed by atoms with Crippen LogP contribution in [0.4, 0.5) is 0 Å². The molecule has 0 spiro atoms. The van der Waals surface area contributed by atoms with E-state index in [1.54, 1.807) is 6.20 Å². The Morgan fingerprint density at radius 3 is 2.39 bits per heavy atom. The molecule has 2 aromatic rings. The van der Waals surface area contributed by atoms with E-state index in [9.17, 15) is 0 Å². The van der Waals surface area contributed by atoms with Gasteiger partial charge in [-0.15, -0.1) is 0 Å². The van der Waals surface area contributed by atoms with Crippen LogP contribution in [0.5, 0.6) is 11.6 Å². The Morgan fingerprint density at radius 2 is 1.78 bits per heavy atom. The second kappa shape index (κ2) is 6.05. The highest BCUT2D eigenvalue weighted by Gasteiger charge is 1.98. The van der Waals surface area contributed by atoms with E-state index in [1.807, 2.05) is 50.2 Å². The standard InChI is InChI=1S/C15H17NO2/c1-3-17-14-7-5-13(6-8-14)11-18-15-9-4-12(2)10-16-15/h4-10H,3,11H2,1-2H3. The van der Waals surface area contributed by atoms with E-state index in [1.165, 1.54) is 0 Å². The van der Waals surface area contributed by atoms with Crippen molar-refractivity contribution in [2.24, 2.45) is 0 Å². The summed E-state index contributed by atoms with van der Waals surface area (Å²) in [6.45, 7) is 5.18. The van der Waals surface area contributed by atoms with Crippen LogP contribution in [0, 0.1) is 6.92 Å². The summed E-state index contributed by atoms with van der Waals surface area (Å²) in [7, 11) is 0. The Balaban J connectivity index is 1.91. The van der Waals surface area contributed by atoms with Gasteiger partial charge in [0.15, 0.2) is 0 Å². The van der Waals surface area contributed by atoms with Gasteiger partial charge in [-0.05, 0) is 37.1 Å². The fourth-order valence-corrected chi connectivity index (χ4v) is 1.55. The Morgan fingerprint density at radius 1 is 1.00 bits per heavy atom. The lowest BCUT2D eigenvalue weighted by atomic mass is 10.2. The third kappa shape index (κ3) is 3.48. The average Bonchev–Trinajstić information content (AvgIpc) is 2.40. The third-order valence-corrected chi connectivity index (χ3v) is 2.51. The maximum Gasteiger partial charge on any atom is 0.213 e. The first-order chi connectivity index (χ1) is 8.78. The van der Waals surface area contributed by atoms with Gasteiger partial charge in [-0.3, -0.25) is 0 Å². The molecule has 1 aromatic heterocycles. The van der Waals surface area contributed by atoms with E-state index < -0.39 is 0 Å². The first kappa shape index (κ1) is 12.4. The molecule has 0 aliphatic heterocycles. The molecule has 0 saturated heterocycles. The van der Waals surface area contributed by atoms with Gasteiger partial charge in [0.1, 0.15) is 12.4 Å². The Kier molecular flexibility index (Phi) is 4.18. The molecule has 3 heteroatoms. The van der Waals surface area contributed by atoms with Crippen molar-refractivity contribution in [3.05, 3.63) is 53.7 Å². The number of nitrogens with zero attached hydrogens (tertiary/aromatic N) is 1. The maximum absolute atomic E-state index is 5.59. The molecule has 0 bridgehead atoms. The second-order valence-electron chi connectivity index (χ2n) is 4.04. The summed E-state index contributed by atoms with van der Waals surface area (Å²) in [5.41, 5.74) is 2.23. The minimum absolute atomic E-state index is 0.516. The summed E-state index contributed by atoms with van der Waals surface area (Å²) in [5, 5.41) is 0. The predicted molar refractivity (Wildman–Crippen MR) is 70.9 cm³/mol. The summed E-state index contributed by atoms with van der Waals surface area (Å²) in [4.78, 5) is 4.19. The number of ether oxygens (including phenoxy) is 2. The molecule has 0 atom stereocenters. The number of hydrogen-bond acceptors (Lipinski definition) is 3. The van der Waals surface area contributed by atoms with Crippen molar-refractivity contribution in [1.82, 2.24) is 4.98 Å². The molecule has 1 heterocycles. The molecule has 2 rings (SSSR count). The maximum atomic E-state index is 5.59. The van der Waals surface area contributed by atoms with Gasteiger partial charge in [0.2, 0.25) is 5.88 Å². The largest absolute Gasteiger partial charge is 0.494 e. The predicted octanol–water partition coefficient (Wildman–Crippen LogP) is 3.37. The highest BCUT2D eigenvalue weighted by atomic mass is 16.5. The van der Waals surface area contributed by atoms with E-state index in [4.69, 9.17) is 9.47 Å². The number of aryl methyl sites for hydroxylation is 1. The van der Waals surface area contributed by atoms with Gasteiger partial charge in [0, 0.05) is 12.3 Å². The van der Waals surface area contributed by atoms with Crippen LogP contribution in [0.15, 0.2) is 42.6 Å². The first-order valence-corrected chi connectivity index (χ1v) is 6.05. The van der Waals surface area contributed by atoms with E-state index in [-0.39, 0.29) is 0 Å². The lowest BCUT2D eigenvalue weighted by Crippen LogP contribution is -1.97. The molecule has 0 aliphatic carbocycles. The van der Waals surface area contributed by atoms with Crippen molar-refractivity contribution in [2.45, 2.75) is 20.5 Å². The zero-order valence-corrected chi connectivity index (χ0v) is 10.7. The Labute approximate surface area is 107 Å². The van der Waals surface area contributed by atoms with Crippen molar-refractivity contribution in [3.63, 3.8) is 0 Å². The fraction of sp³-hybridized carbons (Fsp3) is 0.267. The zero-order chi connectivity index (χ0) is 12.8. The summed E-state index contributed by atoms with van der Waals surface area (Å²) in [5.74, 6) is 1.53. The molecule has 1 aromatic carbocycles. The van der Waals surface area contributed by atoms with Crippen LogP contribution in [-0.2, 0) is 6.61 Å². The van der Waals surface area contributed by atoms with E-state index in [2.05, 4.69) is 4.98 Å². The van der Waals surface area contributed by atoms with Crippen LogP contribution in [0.25, 0.3) is 0 Å². The van der Waals surface area contributed by atoms with Crippen LogP contribution in [0.1, 0.15) is 18.1 Å². The Hall–Kier alpha value is -2.03. The number of benzene rings is 1. The third-order valence-electron chi connectivity index (χ3n) is 2.51. The van der Waals surface area contributed by atoms with E-state index >= 15 is 0 Å². The smallest absolute Gasteiger partial charge is 0.213 e. The molecule has 0 N–H and O–H groups in total. The van der Waals surface area contributed by atoms with E-state index in [0.29, 0.717) is 19.1 Å². The highest BCUT2D eigenvalue weighted by Crippen LogP contribution is 2.14. The van der Waals surface area contributed by atoms with Crippen LogP contribution in [0.3, 0.4) is 0 Å². The molecule has 0 amide bonds. The van der Waals surface area contributed by atoms with Crippen LogP contribution in [0.2, 0.25) is 0 Å². The summed E-state index contributed by atoms with van der Waals surface area (Å²) in [6.07, 6.45) is 1.80. The van der Waals surface area contributed by atoms with Gasteiger partial charge in [0.05, 0.1) is 6.61 Å². The molecular weight excluding hydrogens is 226 g/mol. The first-order valence-electron chi connectivity index (χ1n) is 6.05. The van der Waals surface area contributed by atoms with Crippen LogP contribution >= 0.6 is 0 Å². The number of hydrogen-bond donors (Lipinski definition) is 0. The highest BCUT2D eigenvalue weighted by molar-refractivity contribution is 5.27. The normalized spacial score (nSPS) is 10.1. The lowest BCUT2D eigenvalue weighted by molar-refractivity contribution is 0.293. The second-order valence-corrected chi connectivity index (χ2v) is 4.04. The summed E-state index contributed by atoms with van der Waals surface area (Å²) in [6, 6.07) is 11.8. The van der Waals surface area contributed by atoms with Crippen LogP contribution in [-0.4, -0.2) is 11.6 Å². The molecule has 3 nitrogen and oxygen atoms in total. The van der Waals surface area contributed by atoms with Gasteiger partial charge in [-0.2, -0.15) is 0 Å². The van der Waals surface area contributed by atoms with Gasteiger partial charge < -0.3 is 9.47 Å². The van der Waals surface area contributed by atoms with Crippen molar-refractivity contribution in [3.8, 4) is 11.6 Å².